The van der Waals surface area contributed by atoms with Crippen LogP contribution in [0.4, 0.5) is 27.6 Å². The van der Waals surface area contributed by atoms with Crippen LogP contribution in [0.5, 0.6) is 5.75 Å². The summed E-state index contributed by atoms with van der Waals surface area (Å²) < 4.78 is 78.9. The van der Waals surface area contributed by atoms with Crippen LogP contribution in [0.25, 0.3) is 0 Å². The molecule has 0 radical (unpaired) electrons. The minimum Gasteiger partial charge on any atom is -0.489 e. The van der Waals surface area contributed by atoms with Crippen molar-refractivity contribution in [3.63, 3.8) is 0 Å². The predicted molar refractivity (Wildman–Crippen MR) is 157 cm³/mol. The zero-order chi connectivity index (χ0) is 30.0. The maximum atomic E-state index is 16.0. The van der Waals surface area contributed by atoms with Gasteiger partial charge in [0.2, 0.25) is 0 Å². The molecule has 0 aromatic heterocycles. The second-order valence-electron chi connectivity index (χ2n) is 12.3. The molecule has 2 atom stereocenters. The van der Waals surface area contributed by atoms with Crippen molar-refractivity contribution in [3.8, 4) is 5.75 Å². The molecule has 1 N–H and O–H groups in total. The predicted octanol–water partition coefficient (Wildman–Crippen LogP) is 7.41. The molecule has 0 amide bonds. The largest absolute Gasteiger partial charge is 0.489 e. The maximum absolute atomic E-state index is 16.0. The number of nitrogens with zero attached hydrogens (tertiary/aromatic N) is 2. The number of nitrogens with one attached hydrogen (secondary N) is 1. The molecule has 230 valence electrons. The highest BCUT2D eigenvalue weighted by atomic mass is 19.4. The summed E-state index contributed by atoms with van der Waals surface area (Å²) in [5, 5.41) is 3.50. The van der Waals surface area contributed by atoms with E-state index in [1.54, 1.807) is 18.2 Å². The van der Waals surface area contributed by atoms with E-state index in [9.17, 15) is 13.2 Å². The van der Waals surface area contributed by atoms with Gasteiger partial charge in [-0.1, -0.05) is 36.4 Å². The molecule has 2 fully saturated rings. The van der Waals surface area contributed by atoms with Gasteiger partial charge in [-0.05, 0) is 91.4 Å². The molecule has 4 nitrogen and oxygen atoms in total. The third-order valence-corrected chi connectivity index (χ3v) is 9.38. The summed E-state index contributed by atoms with van der Waals surface area (Å²) in [6.07, 6.45) is 1.03. The number of fused-ring (bicyclic) bond motifs is 1. The van der Waals surface area contributed by atoms with Crippen LogP contribution in [0, 0.1) is 17.0 Å². The monoisotopic (exact) mass is 599 g/mol. The molecule has 3 aromatic rings. The first-order valence-corrected chi connectivity index (χ1v) is 15.2. The van der Waals surface area contributed by atoms with Crippen molar-refractivity contribution in [2.24, 2.45) is 5.41 Å². The smallest absolute Gasteiger partial charge is 0.401 e. The summed E-state index contributed by atoms with van der Waals surface area (Å²) >= 11 is 0. The molecule has 3 aliphatic heterocycles. The first kappa shape index (κ1) is 29.9. The minimum absolute atomic E-state index is 0.0161. The Kier molecular flexibility index (Phi) is 8.65. The van der Waals surface area contributed by atoms with Crippen molar-refractivity contribution >= 4 is 5.69 Å². The summed E-state index contributed by atoms with van der Waals surface area (Å²) in [6.45, 7) is 2.48. The van der Waals surface area contributed by atoms with E-state index in [0.29, 0.717) is 43.1 Å². The molecule has 0 saturated carbocycles. The molecule has 3 aromatic carbocycles. The number of ether oxygens (including phenoxy) is 1. The van der Waals surface area contributed by atoms with Crippen molar-refractivity contribution < 1.29 is 26.7 Å². The van der Waals surface area contributed by atoms with Crippen LogP contribution in [0.3, 0.4) is 0 Å². The number of halogens is 5. The fourth-order valence-electron chi connectivity index (χ4n) is 7.21. The van der Waals surface area contributed by atoms with E-state index in [1.807, 2.05) is 35.2 Å². The Hall–Kier alpha value is -3.17. The molecule has 43 heavy (non-hydrogen) atoms. The quantitative estimate of drug-likeness (QED) is 0.299. The molecule has 0 aliphatic carbocycles. The molecule has 1 spiro atoms. The van der Waals surface area contributed by atoms with Gasteiger partial charge in [-0.25, -0.2) is 8.78 Å². The van der Waals surface area contributed by atoms with Gasteiger partial charge in [-0.2, -0.15) is 13.2 Å². The highest BCUT2D eigenvalue weighted by Crippen LogP contribution is 2.42. The summed E-state index contributed by atoms with van der Waals surface area (Å²) in [5.41, 5.74) is 2.51. The summed E-state index contributed by atoms with van der Waals surface area (Å²) in [7, 11) is 0. The van der Waals surface area contributed by atoms with E-state index in [4.69, 9.17) is 4.74 Å². The van der Waals surface area contributed by atoms with Crippen molar-refractivity contribution in [3.05, 3.63) is 94.6 Å². The van der Waals surface area contributed by atoms with E-state index in [1.165, 1.54) is 12.1 Å². The van der Waals surface area contributed by atoms with E-state index in [0.717, 1.165) is 61.2 Å². The Morgan fingerprint density at radius 1 is 0.884 bits per heavy atom. The van der Waals surface area contributed by atoms with Gasteiger partial charge in [0.25, 0.3) is 0 Å². The Morgan fingerprint density at radius 2 is 1.65 bits per heavy atom. The number of hydrogen-bond donors (Lipinski definition) is 1. The third-order valence-electron chi connectivity index (χ3n) is 9.38. The lowest BCUT2D eigenvalue weighted by atomic mass is 9.75. The Balaban J connectivity index is 1.28. The van der Waals surface area contributed by atoms with Crippen LogP contribution in [-0.4, -0.2) is 50.3 Å². The number of hydrogen-bond acceptors (Lipinski definition) is 4. The Bertz CT molecular complexity index is 1380. The first-order valence-electron chi connectivity index (χ1n) is 15.2. The number of benzene rings is 3. The lowest BCUT2D eigenvalue weighted by Gasteiger charge is -2.38. The van der Waals surface area contributed by atoms with Gasteiger partial charge < -0.3 is 15.0 Å². The fraction of sp³-hybridized carbons (Fsp3) is 0.471. The van der Waals surface area contributed by atoms with Gasteiger partial charge in [0.05, 0.1) is 12.6 Å². The molecule has 9 heteroatoms. The molecule has 3 heterocycles. The average molecular weight is 600 g/mol. The third kappa shape index (κ3) is 6.83. The summed E-state index contributed by atoms with van der Waals surface area (Å²) in [5.74, 6) is -1.07. The SMILES string of the molecule is Fc1cc(N2CCCC3(CCCNC3)CC2)cc(F)c1C1c2ccc(OCc3ccccc3)cc2CCN1CC(F)(F)F. The van der Waals surface area contributed by atoms with Gasteiger partial charge in [-0.15, -0.1) is 0 Å². The van der Waals surface area contributed by atoms with E-state index in [2.05, 4.69) is 5.32 Å². The number of anilines is 1. The average Bonchev–Trinajstić information content (AvgIpc) is 3.19. The van der Waals surface area contributed by atoms with Crippen molar-refractivity contribution in [2.75, 3.05) is 44.2 Å². The van der Waals surface area contributed by atoms with Gasteiger partial charge in [-0.3, -0.25) is 4.90 Å². The van der Waals surface area contributed by atoms with Gasteiger partial charge in [0, 0.05) is 37.4 Å². The summed E-state index contributed by atoms with van der Waals surface area (Å²) in [6, 6.07) is 16.2. The lowest BCUT2D eigenvalue weighted by molar-refractivity contribution is -0.150. The second-order valence-corrected chi connectivity index (χ2v) is 12.3. The van der Waals surface area contributed by atoms with Crippen molar-refractivity contribution in [1.29, 1.82) is 0 Å². The normalized spacial score (nSPS) is 23.2. The molecule has 2 unspecified atom stereocenters. The number of piperidine rings is 1. The van der Waals surface area contributed by atoms with E-state index >= 15 is 8.78 Å². The molecule has 3 aliphatic rings. The van der Waals surface area contributed by atoms with Crippen LogP contribution in [-0.2, 0) is 13.0 Å². The van der Waals surface area contributed by atoms with E-state index < -0.39 is 30.4 Å². The molecule has 6 rings (SSSR count). The second kappa shape index (κ2) is 12.4. The van der Waals surface area contributed by atoms with Gasteiger partial charge in [0.15, 0.2) is 0 Å². The van der Waals surface area contributed by atoms with Crippen LogP contribution in [0.2, 0.25) is 0 Å². The molecule has 0 bridgehead atoms. The fourth-order valence-corrected chi connectivity index (χ4v) is 7.21. The topological polar surface area (TPSA) is 27.7 Å². The zero-order valence-corrected chi connectivity index (χ0v) is 24.2. The Labute approximate surface area is 249 Å². The van der Waals surface area contributed by atoms with E-state index in [-0.39, 0.29) is 17.5 Å². The first-order chi connectivity index (χ1) is 20.7. The standard InChI is InChI=1S/C34H38F5N3O/c35-29-19-26(41-15-5-12-33(13-17-41)11-4-14-40-22-33)20-30(36)31(29)32-28-9-8-27(43-21-24-6-2-1-3-7-24)18-25(28)10-16-42(32)23-34(37,38)39/h1-3,6-9,18-20,32,40H,4-5,10-17,21-23H2. The number of rotatable bonds is 6. The van der Waals surface area contributed by atoms with Crippen LogP contribution < -0.4 is 15.0 Å². The van der Waals surface area contributed by atoms with Crippen molar-refractivity contribution in [1.82, 2.24) is 10.2 Å². The van der Waals surface area contributed by atoms with Gasteiger partial charge >= 0.3 is 6.18 Å². The maximum Gasteiger partial charge on any atom is 0.401 e. The molecule has 2 saturated heterocycles. The van der Waals surface area contributed by atoms with Crippen LogP contribution in [0.1, 0.15) is 60.4 Å². The van der Waals surface area contributed by atoms with Crippen molar-refractivity contribution in [2.45, 2.75) is 57.3 Å². The number of alkyl halides is 3. The molecular formula is C34H38F5N3O. The minimum atomic E-state index is -4.52. The highest BCUT2D eigenvalue weighted by molar-refractivity contribution is 5.52. The highest BCUT2D eigenvalue weighted by Gasteiger charge is 2.40. The Morgan fingerprint density at radius 3 is 2.37 bits per heavy atom. The zero-order valence-electron chi connectivity index (χ0n) is 24.2. The lowest BCUT2D eigenvalue weighted by Crippen LogP contribution is -2.42. The van der Waals surface area contributed by atoms with Crippen LogP contribution >= 0.6 is 0 Å². The summed E-state index contributed by atoms with van der Waals surface area (Å²) in [4.78, 5) is 3.16. The van der Waals surface area contributed by atoms with Gasteiger partial charge in [0.1, 0.15) is 24.0 Å². The van der Waals surface area contributed by atoms with Crippen LogP contribution in [0.15, 0.2) is 60.7 Å². The molecular weight excluding hydrogens is 561 g/mol.